The number of guanidine groups is 1. The van der Waals surface area contributed by atoms with Crippen LogP contribution in [0, 0.1) is 6.92 Å². The number of ether oxygens (including phenoxy) is 1. The Balaban J connectivity index is 1.66. The lowest BCUT2D eigenvalue weighted by Crippen LogP contribution is -2.47. The fourth-order valence-electron chi connectivity index (χ4n) is 3.72. The molecule has 2 fully saturated rings. The smallest absolute Gasteiger partial charge is 0.191 e. The minimum absolute atomic E-state index is 0.0134. The molecule has 1 aromatic carbocycles. The van der Waals surface area contributed by atoms with Crippen LogP contribution in [0.1, 0.15) is 51.2 Å². The molecule has 0 aliphatic carbocycles. The third kappa shape index (κ3) is 3.92. The predicted octanol–water partition coefficient (Wildman–Crippen LogP) is 3.15. The van der Waals surface area contributed by atoms with Gasteiger partial charge in [-0.05, 0) is 38.7 Å². The number of fused-ring (bicyclic) bond motifs is 2. The van der Waals surface area contributed by atoms with Gasteiger partial charge in [-0.3, -0.25) is 4.99 Å². The largest absolute Gasteiger partial charge is 0.373 e. The van der Waals surface area contributed by atoms with Crippen LogP contribution in [0.2, 0.25) is 0 Å². The molecule has 4 nitrogen and oxygen atoms in total. The van der Waals surface area contributed by atoms with Gasteiger partial charge in [0, 0.05) is 12.0 Å². The van der Waals surface area contributed by atoms with E-state index in [4.69, 9.17) is 9.73 Å². The highest BCUT2D eigenvalue weighted by Crippen LogP contribution is 2.34. The van der Waals surface area contributed by atoms with Gasteiger partial charge < -0.3 is 15.4 Å². The summed E-state index contributed by atoms with van der Waals surface area (Å²) in [5, 5.41) is 6.99. The van der Waals surface area contributed by atoms with Crippen LogP contribution in [0.15, 0.2) is 29.3 Å². The lowest BCUT2D eigenvalue weighted by atomic mass is 9.84. The maximum atomic E-state index is 5.95. The van der Waals surface area contributed by atoms with Crippen LogP contribution < -0.4 is 10.6 Å². The number of hydrogen-bond donors (Lipinski definition) is 2. The number of aryl methyl sites for hydroxylation is 1. The molecule has 0 amide bonds. The zero-order valence-corrected chi connectivity index (χ0v) is 15.4. The number of benzene rings is 1. The van der Waals surface area contributed by atoms with E-state index in [0.29, 0.717) is 18.2 Å². The molecule has 132 valence electrons. The number of hydrogen-bond acceptors (Lipinski definition) is 2. The van der Waals surface area contributed by atoms with Crippen LogP contribution in [0.25, 0.3) is 0 Å². The van der Waals surface area contributed by atoms with Crippen molar-refractivity contribution in [1.29, 1.82) is 0 Å². The first-order valence-electron chi connectivity index (χ1n) is 9.25. The number of nitrogens with one attached hydrogen (secondary N) is 2. The molecule has 3 atom stereocenters. The number of aliphatic imine (C=N–C) groups is 1. The fraction of sp³-hybridized carbons (Fsp3) is 0.650. The average molecular weight is 329 g/mol. The first-order chi connectivity index (χ1) is 11.5. The minimum atomic E-state index is 0.0134. The van der Waals surface area contributed by atoms with Gasteiger partial charge >= 0.3 is 0 Å². The highest BCUT2D eigenvalue weighted by molar-refractivity contribution is 5.80. The Hall–Kier alpha value is -1.55. The Morgan fingerprint density at radius 2 is 2.17 bits per heavy atom. The molecule has 24 heavy (non-hydrogen) atoms. The maximum absolute atomic E-state index is 5.95. The molecule has 2 N–H and O–H groups in total. The summed E-state index contributed by atoms with van der Waals surface area (Å²) < 4.78 is 5.95. The maximum Gasteiger partial charge on any atom is 0.191 e. The lowest BCUT2D eigenvalue weighted by Gasteiger charge is -2.26. The van der Waals surface area contributed by atoms with Crippen molar-refractivity contribution in [3.63, 3.8) is 0 Å². The molecule has 2 aliphatic rings. The fourth-order valence-corrected chi connectivity index (χ4v) is 3.72. The zero-order chi connectivity index (χ0) is 17.2. The van der Waals surface area contributed by atoms with Crippen LogP contribution in [0.3, 0.4) is 0 Å². The Labute approximate surface area is 146 Å². The van der Waals surface area contributed by atoms with Gasteiger partial charge in [-0.15, -0.1) is 0 Å². The first kappa shape index (κ1) is 17.3. The van der Waals surface area contributed by atoms with Crippen LogP contribution in [-0.2, 0) is 10.2 Å². The summed E-state index contributed by atoms with van der Waals surface area (Å²) in [6.07, 6.45) is 4.33. The van der Waals surface area contributed by atoms with Gasteiger partial charge in [0.1, 0.15) is 0 Å². The van der Waals surface area contributed by atoms with Gasteiger partial charge in [0.05, 0.1) is 24.8 Å². The molecule has 4 heteroatoms. The molecule has 2 heterocycles. The van der Waals surface area contributed by atoms with E-state index in [1.165, 1.54) is 24.0 Å². The van der Waals surface area contributed by atoms with Crippen molar-refractivity contribution in [2.24, 2.45) is 4.99 Å². The quantitative estimate of drug-likeness (QED) is 0.644. The lowest BCUT2D eigenvalue weighted by molar-refractivity contribution is 0.0992. The van der Waals surface area contributed by atoms with Crippen molar-refractivity contribution in [1.82, 2.24) is 10.6 Å². The molecule has 3 unspecified atom stereocenters. The van der Waals surface area contributed by atoms with Crippen molar-refractivity contribution in [2.45, 2.75) is 70.6 Å². The van der Waals surface area contributed by atoms with E-state index in [9.17, 15) is 0 Å². The van der Waals surface area contributed by atoms with E-state index < -0.39 is 0 Å². The second-order valence-corrected chi connectivity index (χ2v) is 7.81. The van der Waals surface area contributed by atoms with E-state index in [-0.39, 0.29) is 5.41 Å². The van der Waals surface area contributed by atoms with Gasteiger partial charge in [0.25, 0.3) is 0 Å². The Kier molecular flexibility index (Phi) is 5.14. The van der Waals surface area contributed by atoms with E-state index in [0.717, 1.165) is 25.5 Å². The third-order valence-electron chi connectivity index (χ3n) is 5.20. The SMILES string of the molecule is CCNC(=NCC(C)(C)c1cccc(C)c1)NC1CC2CCC1O2. The molecule has 2 saturated heterocycles. The second-order valence-electron chi connectivity index (χ2n) is 7.81. The highest BCUT2D eigenvalue weighted by Gasteiger charge is 2.41. The van der Waals surface area contributed by atoms with E-state index in [1.807, 2.05) is 0 Å². The standard InChI is InChI=1S/C20H31N3O/c1-5-21-19(23-17-12-16-9-10-18(17)24-16)22-13-20(3,4)15-8-6-7-14(2)11-15/h6-8,11,16-18H,5,9-10,12-13H2,1-4H3,(H2,21,22,23). The molecule has 0 spiro atoms. The average Bonchev–Trinajstić information content (AvgIpc) is 3.16. The zero-order valence-electron chi connectivity index (χ0n) is 15.4. The predicted molar refractivity (Wildman–Crippen MR) is 99.6 cm³/mol. The Bertz CT molecular complexity index is 596. The summed E-state index contributed by atoms with van der Waals surface area (Å²) in [7, 11) is 0. The molecule has 2 bridgehead atoms. The molecule has 0 aromatic heterocycles. The van der Waals surface area contributed by atoms with Crippen LogP contribution >= 0.6 is 0 Å². The molecular formula is C20H31N3O. The van der Waals surface area contributed by atoms with E-state index in [2.05, 4.69) is 62.6 Å². The molecular weight excluding hydrogens is 298 g/mol. The van der Waals surface area contributed by atoms with E-state index in [1.54, 1.807) is 0 Å². The van der Waals surface area contributed by atoms with Crippen molar-refractivity contribution in [2.75, 3.05) is 13.1 Å². The van der Waals surface area contributed by atoms with Crippen LogP contribution in [0.4, 0.5) is 0 Å². The third-order valence-corrected chi connectivity index (χ3v) is 5.20. The summed E-state index contributed by atoms with van der Waals surface area (Å²) in [6, 6.07) is 9.14. The number of nitrogens with zero attached hydrogens (tertiary/aromatic N) is 1. The molecule has 2 aliphatic heterocycles. The van der Waals surface area contributed by atoms with Gasteiger partial charge in [-0.2, -0.15) is 0 Å². The van der Waals surface area contributed by atoms with Gasteiger partial charge in [0.2, 0.25) is 0 Å². The topological polar surface area (TPSA) is 45.7 Å². The van der Waals surface area contributed by atoms with Gasteiger partial charge in [-0.25, -0.2) is 0 Å². The minimum Gasteiger partial charge on any atom is -0.373 e. The molecule has 0 radical (unpaired) electrons. The summed E-state index contributed by atoms with van der Waals surface area (Å²) in [5.41, 5.74) is 2.65. The van der Waals surface area contributed by atoms with E-state index >= 15 is 0 Å². The van der Waals surface area contributed by atoms with Crippen molar-refractivity contribution < 1.29 is 4.74 Å². The van der Waals surface area contributed by atoms with Crippen LogP contribution in [-0.4, -0.2) is 37.3 Å². The van der Waals surface area contributed by atoms with Gasteiger partial charge in [0.15, 0.2) is 5.96 Å². The highest BCUT2D eigenvalue weighted by atomic mass is 16.5. The molecule has 0 saturated carbocycles. The summed E-state index contributed by atoms with van der Waals surface area (Å²) in [5.74, 6) is 0.916. The molecule has 1 aromatic rings. The van der Waals surface area contributed by atoms with Crippen LogP contribution in [0.5, 0.6) is 0 Å². The van der Waals surface area contributed by atoms with Crippen molar-refractivity contribution in [3.05, 3.63) is 35.4 Å². The summed E-state index contributed by atoms with van der Waals surface area (Å²) >= 11 is 0. The summed E-state index contributed by atoms with van der Waals surface area (Å²) in [6.45, 7) is 10.4. The Morgan fingerprint density at radius 1 is 1.33 bits per heavy atom. The van der Waals surface area contributed by atoms with Crippen molar-refractivity contribution in [3.8, 4) is 0 Å². The van der Waals surface area contributed by atoms with Crippen molar-refractivity contribution >= 4 is 5.96 Å². The Morgan fingerprint density at radius 3 is 2.79 bits per heavy atom. The molecule has 3 rings (SSSR count). The second kappa shape index (κ2) is 7.14. The van der Waals surface area contributed by atoms with Gasteiger partial charge in [-0.1, -0.05) is 43.7 Å². The summed E-state index contributed by atoms with van der Waals surface area (Å²) in [4.78, 5) is 4.88. The number of rotatable bonds is 5. The normalized spacial score (nSPS) is 26.7. The first-order valence-corrected chi connectivity index (χ1v) is 9.25. The monoisotopic (exact) mass is 329 g/mol.